The van der Waals surface area contributed by atoms with Gasteiger partial charge in [-0.2, -0.15) is 0 Å². The minimum atomic E-state index is -0.213. The van der Waals surface area contributed by atoms with Gasteiger partial charge in [-0.3, -0.25) is 0 Å². The second-order valence-corrected chi connectivity index (χ2v) is 2.96. The van der Waals surface area contributed by atoms with Gasteiger partial charge in [0.05, 0.1) is 0 Å². The fourth-order valence-electron chi connectivity index (χ4n) is 1.15. The van der Waals surface area contributed by atoms with Crippen LogP contribution in [0.4, 0.5) is 4.39 Å². The summed E-state index contributed by atoms with van der Waals surface area (Å²) in [4.78, 5) is 0. The predicted octanol–water partition coefficient (Wildman–Crippen LogP) is 3.34. The SMILES string of the molecule is CC.CC(CCO)c1ccc(F)cc1. The summed E-state index contributed by atoms with van der Waals surface area (Å²) >= 11 is 0. The largest absolute Gasteiger partial charge is 0.396 e. The quantitative estimate of drug-likeness (QED) is 0.789. The van der Waals surface area contributed by atoms with E-state index in [0.717, 1.165) is 12.0 Å². The first-order chi connectivity index (χ1) is 6.74. The fourth-order valence-corrected chi connectivity index (χ4v) is 1.15. The number of aliphatic hydroxyl groups is 1. The summed E-state index contributed by atoms with van der Waals surface area (Å²) in [5, 5.41) is 8.68. The average molecular weight is 198 g/mol. The van der Waals surface area contributed by atoms with Crippen molar-refractivity contribution in [3.05, 3.63) is 35.6 Å². The van der Waals surface area contributed by atoms with Gasteiger partial charge >= 0.3 is 0 Å². The van der Waals surface area contributed by atoms with E-state index in [9.17, 15) is 4.39 Å². The molecule has 0 aliphatic rings. The molecule has 0 saturated heterocycles. The highest BCUT2D eigenvalue weighted by Crippen LogP contribution is 2.18. The lowest BCUT2D eigenvalue weighted by Crippen LogP contribution is -1.96. The molecule has 2 heteroatoms. The molecular weight excluding hydrogens is 179 g/mol. The molecule has 0 aliphatic carbocycles. The molecule has 1 N–H and O–H groups in total. The zero-order valence-electron chi connectivity index (χ0n) is 9.13. The van der Waals surface area contributed by atoms with Gasteiger partial charge in [0, 0.05) is 6.61 Å². The normalized spacial score (nSPS) is 11.5. The molecule has 1 nitrogen and oxygen atoms in total. The van der Waals surface area contributed by atoms with Crippen LogP contribution in [0.25, 0.3) is 0 Å². The average Bonchev–Trinajstić information content (AvgIpc) is 2.22. The molecule has 0 heterocycles. The molecule has 1 rings (SSSR count). The van der Waals surface area contributed by atoms with E-state index in [-0.39, 0.29) is 12.4 Å². The van der Waals surface area contributed by atoms with Crippen molar-refractivity contribution >= 4 is 0 Å². The standard InChI is InChI=1S/C10H13FO.C2H6/c1-8(6-7-12)9-2-4-10(11)5-3-9;1-2/h2-5,8,12H,6-7H2,1H3;1-2H3. The molecule has 1 aromatic rings. The zero-order valence-corrected chi connectivity index (χ0v) is 9.13. The first-order valence-corrected chi connectivity index (χ1v) is 5.10. The van der Waals surface area contributed by atoms with Gasteiger partial charge in [0.15, 0.2) is 0 Å². The van der Waals surface area contributed by atoms with Gasteiger partial charge in [-0.05, 0) is 30.0 Å². The summed E-state index contributed by atoms with van der Waals surface area (Å²) in [5.41, 5.74) is 1.07. The van der Waals surface area contributed by atoms with Crippen molar-refractivity contribution in [2.75, 3.05) is 6.61 Å². The topological polar surface area (TPSA) is 20.2 Å². The van der Waals surface area contributed by atoms with Crippen molar-refractivity contribution in [1.82, 2.24) is 0 Å². The second-order valence-electron chi connectivity index (χ2n) is 2.96. The van der Waals surface area contributed by atoms with Gasteiger partial charge in [-0.1, -0.05) is 32.9 Å². The van der Waals surface area contributed by atoms with E-state index in [4.69, 9.17) is 5.11 Å². The number of rotatable bonds is 3. The maximum atomic E-state index is 12.5. The van der Waals surface area contributed by atoms with Crippen LogP contribution in [0.15, 0.2) is 24.3 Å². The minimum absolute atomic E-state index is 0.179. The molecule has 0 radical (unpaired) electrons. The van der Waals surface area contributed by atoms with E-state index in [0.29, 0.717) is 5.92 Å². The van der Waals surface area contributed by atoms with E-state index in [1.165, 1.54) is 12.1 Å². The van der Waals surface area contributed by atoms with Gasteiger partial charge in [0.1, 0.15) is 5.82 Å². The number of aliphatic hydroxyl groups excluding tert-OH is 1. The molecule has 1 atom stereocenters. The molecule has 0 spiro atoms. The lowest BCUT2D eigenvalue weighted by molar-refractivity contribution is 0.278. The van der Waals surface area contributed by atoms with Crippen molar-refractivity contribution in [2.45, 2.75) is 33.1 Å². The number of benzene rings is 1. The van der Waals surface area contributed by atoms with Crippen LogP contribution in [-0.2, 0) is 0 Å². The first-order valence-electron chi connectivity index (χ1n) is 5.10. The summed E-state index contributed by atoms with van der Waals surface area (Å²) < 4.78 is 12.5. The maximum absolute atomic E-state index is 12.5. The Bertz CT molecular complexity index is 231. The maximum Gasteiger partial charge on any atom is 0.123 e. The molecule has 0 bridgehead atoms. The van der Waals surface area contributed by atoms with Crippen LogP contribution in [-0.4, -0.2) is 11.7 Å². The van der Waals surface area contributed by atoms with Crippen LogP contribution >= 0.6 is 0 Å². The van der Waals surface area contributed by atoms with Crippen LogP contribution in [0, 0.1) is 5.82 Å². The molecule has 1 unspecified atom stereocenters. The van der Waals surface area contributed by atoms with Gasteiger partial charge in [0.25, 0.3) is 0 Å². The van der Waals surface area contributed by atoms with Gasteiger partial charge in [-0.25, -0.2) is 4.39 Å². The van der Waals surface area contributed by atoms with Crippen molar-refractivity contribution in [1.29, 1.82) is 0 Å². The highest BCUT2D eigenvalue weighted by Gasteiger charge is 2.03. The van der Waals surface area contributed by atoms with Gasteiger partial charge in [-0.15, -0.1) is 0 Å². The summed E-state index contributed by atoms with van der Waals surface area (Å²) in [6.45, 7) is 6.20. The molecule has 0 saturated carbocycles. The third kappa shape index (κ3) is 4.38. The summed E-state index contributed by atoms with van der Waals surface area (Å²) in [6.07, 6.45) is 0.728. The molecule has 14 heavy (non-hydrogen) atoms. The third-order valence-corrected chi connectivity index (χ3v) is 2.00. The Morgan fingerprint density at radius 3 is 2.14 bits per heavy atom. The van der Waals surface area contributed by atoms with E-state index in [2.05, 4.69) is 0 Å². The summed E-state index contributed by atoms with van der Waals surface area (Å²) in [7, 11) is 0. The zero-order chi connectivity index (χ0) is 11.0. The third-order valence-electron chi connectivity index (χ3n) is 2.00. The molecule has 1 aromatic carbocycles. The molecule has 0 fully saturated rings. The molecule has 0 aliphatic heterocycles. The number of halogens is 1. The van der Waals surface area contributed by atoms with Gasteiger partial charge in [0.2, 0.25) is 0 Å². The molecular formula is C12H19FO. The Balaban J connectivity index is 0.000000791. The molecule has 80 valence electrons. The Labute approximate surface area is 85.6 Å². The lowest BCUT2D eigenvalue weighted by atomic mass is 9.98. The van der Waals surface area contributed by atoms with E-state index >= 15 is 0 Å². The highest BCUT2D eigenvalue weighted by molar-refractivity contribution is 5.19. The molecule has 0 aromatic heterocycles. The number of hydrogen-bond donors (Lipinski definition) is 1. The smallest absolute Gasteiger partial charge is 0.123 e. The lowest BCUT2D eigenvalue weighted by Gasteiger charge is -2.08. The van der Waals surface area contributed by atoms with Crippen LogP contribution < -0.4 is 0 Å². The Morgan fingerprint density at radius 2 is 1.71 bits per heavy atom. The number of hydrogen-bond acceptors (Lipinski definition) is 1. The summed E-state index contributed by atoms with van der Waals surface area (Å²) in [5.74, 6) is 0.0885. The van der Waals surface area contributed by atoms with Crippen molar-refractivity contribution < 1.29 is 9.50 Å². The van der Waals surface area contributed by atoms with Crippen molar-refractivity contribution in [3.8, 4) is 0 Å². The van der Waals surface area contributed by atoms with Crippen LogP contribution in [0.3, 0.4) is 0 Å². The van der Waals surface area contributed by atoms with Crippen molar-refractivity contribution in [2.24, 2.45) is 0 Å². The Morgan fingerprint density at radius 1 is 1.21 bits per heavy atom. The fraction of sp³-hybridized carbons (Fsp3) is 0.500. The Hall–Kier alpha value is -0.890. The van der Waals surface area contributed by atoms with Crippen molar-refractivity contribution in [3.63, 3.8) is 0 Å². The summed E-state index contributed by atoms with van der Waals surface area (Å²) in [6, 6.07) is 6.41. The Kier molecular flexibility index (Phi) is 7.03. The van der Waals surface area contributed by atoms with Gasteiger partial charge < -0.3 is 5.11 Å². The van der Waals surface area contributed by atoms with E-state index in [1.54, 1.807) is 12.1 Å². The van der Waals surface area contributed by atoms with E-state index in [1.807, 2.05) is 20.8 Å². The highest BCUT2D eigenvalue weighted by atomic mass is 19.1. The van der Waals surface area contributed by atoms with Crippen LogP contribution in [0.1, 0.15) is 38.7 Å². The predicted molar refractivity (Wildman–Crippen MR) is 57.9 cm³/mol. The second kappa shape index (κ2) is 7.51. The minimum Gasteiger partial charge on any atom is -0.396 e. The van der Waals surface area contributed by atoms with Crippen LogP contribution in [0.5, 0.6) is 0 Å². The molecule has 0 amide bonds. The van der Waals surface area contributed by atoms with Crippen LogP contribution in [0.2, 0.25) is 0 Å². The van der Waals surface area contributed by atoms with E-state index < -0.39 is 0 Å². The monoisotopic (exact) mass is 198 g/mol. The first kappa shape index (κ1) is 13.1.